The van der Waals surface area contributed by atoms with Gasteiger partial charge < -0.3 is 5.73 Å². The number of nitrogens with zero attached hydrogens (tertiary/aromatic N) is 3. The Balaban J connectivity index is 2.17. The number of halogens is 2. The van der Waals surface area contributed by atoms with Crippen molar-refractivity contribution in [3.63, 3.8) is 0 Å². The number of alkyl halides is 2. The zero-order chi connectivity index (χ0) is 20.9. The van der Waals surface area contributed by atoms with Gasteiger partial charge in [-0.3, -0.25) is 9.69 Å². The summed E-state index contributed by atoms with van der Waals surface area (Å²) in [7, 11) is 7.40. The van der Waals surface area contributed by atoms with Crippen LogP contribution >= 0.6 is 11.3 Å². The standard InChI is InChI=1S/C19H17BF2N4OS/c1-18(14-8-12(20)13(9-23)28-14)15(16(27)26(3)17(24)25-18)10-4-6-11(7-5-10)19(2,21)22/h4-8,15H,1-3H3,(H2,24,25)/t15-,18-/m1/s1. The van der Waals surface area contributed by atoms with Crippen molar-refractivity contribution in [1.82, 2.24) is 4.90 Å². The number of guanidine groups is 1. The molecule has 0 aliphatic carbocycles. The number of nitriles is 1. The Labute approximate surface area is 166 Å². The van der Waals surface area contributed by atoms with Crippen LogP contribution in [0.5, 0.6) is 0 Å². The molecule has 1 aromatic carbocycles. The smallest absolute Gasteiger partial charge is 0.270 e. The Morgan fingerprint density at radius 3 is 2.50 bits per heavy atom. The highest BCUT2D eigenvalue weighted by Gasteiger charge is 2.48. The van der Waals surface area contributed by atoms with Crippen molar-refractivity contribution in [1.29, 1.82) is 5.26 Å². The molecular formula is C19H17BF2N4OS. The number of hydrogen-bond acceptors (Lipinski definition) is 5. The van der Waals surface area contributed by atoms with Crippen LogP contribution in [0, 0.1) is 11.3 Å². The minimum Gasteiger partial charge on any atom is -0.369 e. The van der Waals surface area contributed by atoms with Crippen molar-refractivity contribution < 1.29 is 13.6 Å². The Morgan fingerprint density at radius 2 is 2.00 bits per heavy atom. The third-order valence-corrected chi connectivity index (χ3v) is 6.22. The third-order valence-electron chi connectivity index (χ3n) is 4.94. The van der Waals surface area contributed by atoms with Crippen LogP contribution in [0.1, 0.15) is 40.6 Å². The fourth-order valence-corrected chi connectivity index (χ4v) is 4.30. The molecule has 1 amide bonds. The van der Waals surface area contributed by atoms with Crippen molar-refractivity contribution in [2.45, 2.75) is 31.2 Å². The molecule has 2 N–H and O–H groups in total. The highest BCUT2D eigenvalue weighted by Crippen LogP contribution is 2.46. The number of nitrogens with two attached hydrogens (primary N) is 1. The van der Waals surface area contributed by atoms with Crippen molar-refractivity contribution in [2.24, 2.45) is 10.7 Å². The lowest BCUT2D eigenvalue weighted by Gasteiger charge is -2.40. The van der Waals surface area contributed by atoms with Gasteiger partial charge in [-0.05, 0) is 12.5 Å². The van der Waals surface area contributed by atoms with Crippen LogP contribution in [-0.4, -0.2) is 31.7 Å². The first-order chi connectivity index (χ1) is 13.0. The topological polar surface area (TPSA) is 82.5 Å². The maximum atomic E-state index is 13.6. The molecule has 9 heteroatoms. The second-order valence-electron chi connectivity index (χ2n) is 6.97. The number of carbonyl (C=O) groups is 1. The van der Waals surface area contributed by atoms with Crippen LogP contribution in [-0.2, 0) is 16.3 Å². The van der Waals surface area contributed by atoms with E-state index in [4.69, 9.17) is 13.6 Å². The van der Waals surface area contributed by atoms with E-state index in [1.165, 1.54) is 36.2 Å². The molecule has 0 saturated heterocycles. The largest absolute Gasteiger partial charge is 0.369 e. The number of amides is 1. The maximum absolute atomic E-state index is 13.6. The van der Waals surface area contributed by atoms with Crippen molar-refractivity contribution in [3.05, 3.63) is 51.2 Å². The molecule has 0 spiro atoms. The summed E-state index contributed by atoms with van der Waals surface area (Å²) in [5.41, 5.74) is 5.49. The monoisotopic (exact) mass is 398 g/mol. The van der Waals surface area contributed by atoms with Crippen LogP contribution in [0.15, 0.2) is 35.3 Å². The summed E-state index contributed by atoms with van der Waals surface area (Å²) < 4.78 is 27.1. The summed E-state index contributed by atoms with van der Waals surface area (Å²) in [5.74, 6) is -4.09. The summed E-state index contributed by atoms with van der Waals surface area (Å²) in [4.78, 5) is 19.8. The number of rotatable bonds is 3. The van der Waals surface area contributed by atoms with Gasteiger partial charge in [-0.1, -0.05) is 35.8 Å². The van der Waals surface area contributed by atoms with Gasteiger partial charge in [-0.2, -0.15) is 5.26 Å². The summed E-state index contributed by atoms with van der Waals surface area (Å²) >= 11 is 1.14. The second-order valence-corrected chi connectivity index (χ2v) is 8.02. The summed E-state index contributed by atoms with van der Waals surface area (Å²) in [6.07, 6.45) is 0. The average molecular weight is 398 g/mol. The van der Waals surface area contributed by atoms with Crippen LogP contribution < -0.4 is 11.2 Å². The molecule has 1 aromatic heterocycles. The predicted octanol–water partition coefficient (Wildman–Crippen LogP) is 2.31. The molecule has 5 nitrogen and oxygen atoms in total. The minimum absolute atomic E-state index is 0.0333. The number of benzene rings is 1. The van der Waals surface area contributed by atoms with E-state index in [1.807, 2.05) is 6.07 Å². The number of aliphatic imine (C=N–C) groups is 1. The lowest BCUT2D eigenvalue weighted by Crippen LogP contribution is -2.52. The van der Waals surface area contributed by atoms with Gasteiger partial charge in [0, 0.05) is 24.4 Å². The molecule has 2 atom stereocenters. The van der Waals surface area contributed by atoms with Crippen LogP contribution in [0.2, 0.25) is 0 Å². The van der Waals surface area contributed by atoms with Gasteiger partial charge >= 0.3 is 0 Å². The summed E-state index contributed by atoms with van der Waals surface area (Å²) in [5, 5.41) is 9.22. The first-order valence-corrected chi connectivity index (χ1v) is 9.21. The normalized spacial score (nSPS) is 22.7. The molecule has 0 bridgehead atoms. The van der Waals surface area contributed by atoms with Gasteiger partial charge in [-0.15, -0.1) is 11.3 Å². The molecule has 0 fully saturated rings. The van der Waals surface area contributed by atoms with Crippen LogP contribution in [0.4, 0.5) is 8.78 Å². The quantitative estimate of drug-likeness (QED) is 0.806. The Morgan fingerprint density at radius 1 is 1.39 bits per heavy atom. The molecule has 2 aromatic rings. The summed E-state index contributed by atoms with van der Waals surface area (Å²) in [6.45, 7) is 2.54. The molecule has 0 unspecified atom stereocenters. The van der Waals surface area contributed by atoms with Crippen molar-refractivity contribution in [3.8, 4) is 6.07 Å². The van der Waals surface area contributed by atoms with E-state index in [0.29, 0.717) is 20.8 Å². The van der Waals surface area contributed by atoms with Crippen molar-refractivity contribution in [2.75, 3.05) is 7.05 Å². The van der Waals surface area contributed by atoms with Crippen molar-refractivity contribution >= 4 is 36.5 Å². The minimum atomic E-state index is -2.98. The van der Waals surface area contributed by atoms with Crippen LogP contribution in [0.25, 0.3) is 0 Å². The zero-order valence-electron chi connectivity index (χ0n) is 15.5. The van der Waals surface area contributed by atoms with E-state index in [2.05, 4.69) is 4.99 Å². The van der Waals surface area contributed by atoms with Gasteiger partial charge in [0.2, 0.25) is 5.91 Å². The predicted molar refractivity (Wildman–Crippen MR) is 105 cm³/mol. The Kier molecular flexibility index (Phi) is 4.80. The lowest BCUT2D eigenvalue weighted by atomic mass is 9.77. The van der Waals surface area contributed by atoms with E-state index in [0.717, 1.165) is 18.3 Å². The third kappa shape index (κ3) is 3.18. The van der Waals surface area contributed by atoms with Gasteiger partial charge in [0.15, 0.2) is 5.96 Å². The van der Waals surface area contributed by atoms with E-state index in [-0.39, 0.29) is 17.4 Å². The van der Waals surface area contributed by atoms with Gasteiger partial charge in [0.1, 0.15) is 19.5 Å². The van der Waals surface area contributed by atoms with E-state index < -0.39 is 17.4 Å². The van der Waals surface area contributed by atoms with E-state index in [9.17, 15) is 18.8 Å². The molecule has 142 valence electrons. The molecular weight excluding hydrogens is 381 g/mol. The highest BCUT2D eigenvalue weighted by molar-refractivity contribution is 7.13. The molecule has 28 heavy (non-hydrogen) atoms. The molecule has 3 rings (SSSR count). The Hall–Kier alpha value is -2.73. The maximum Gasteiger partial charge on any atom is 0.270 e. The highest BCUT2D eigenvalue weighted by atomic mass is 32.1. The van der Waals surface area contributed by atoms with Crippen LogP contribution in [0.3, 0.4) is 0 Å². The molecule has 1 aliphatic rings. The number of thiophene rings is 1. The fourth-order valence-electron chi connectivity index (χ4n) is 3.30. The average Bonchev–Trinajstić information content (AvgIpc) is 3.01. The molecule has 0 saturated carbocycles. The number of carbonyl (C=O) groups excluding carboxylic acids is 1. The number of likely N-dealkylation sites (N-methyl/N-ethyl adjacent to an activating group) is 1. The fraction of sp³-hybridized carbons (Fsp3) is 0.316. The van der Waals surface area contributed by atoms with Gasteiger partial charge in [0.25, 0.3) is 5.92 Å². The molecule has 1 aliphatic heterocycles. The zero-order valence-corrected chi connectivity index (χ0v) is 16.3. The van der Waals surface area contributed by atoms with Gasteiger partial charge in [0.05, 0.1) is 10.8 Å². The molecule has 2 heterocycles. The SMILES string of the molecule is [B]c1cc([C@@]2(C)N=C(N)N(C)C(=O)[C@H]2c2ccc(C(C)(F)F)cc2)sc1C#N. The van der Waals surface area contributed by atoms with Gasteiger partial charge in [-0.25, -0.2) is 13.8 Å². The second kappa shape index (κ2) is 6.71. The van der Waals surface area contributed by atoms with E-state index >= 15 is 0 Å². The van der Waals surface area contributed by atoms with E-state index in [1.54, 1.807) is 13.0 Å². The first-order valence-electron chi connectivity index (χ1n) is 8.40. The lowest BCUT2D eigenvalue weighted by molar-refractivity contribution is -0.130. The first kappa shape index (κ1) is 20.0. The Bertz CT molecular complexity index is 1010. The molecule has 2 radical (unpaired) electrons. The summed E-state index contributed by atoms with van der Waals surface area (Å²) in [6, 6.07) is 9.23. The number of hydrogen-bond donors (Lipinski definition) is 1.